The van der Waals surface area contributed by atoms with Gasteiger partial charge in [0.05, 0.1) is 11.1 Å². The Morgan fingerprint density at radius 2 is 1.95 bits per heavy atom. The van der Waals surface area contributed by atoms with Gasteiger partial charge in [0.25, 0.3) is 5.69 Å². The number of hydrogen-bond donors (Lipinski definition) is 1. The summed E-state index contributed by atoms with van der Waals surface area (Å²) in [5.41, 5.74) is 0.906. The highest BCUT2D eigenvalue weighted by Crippen LogP contribution is 2.20. The Morgan fingerprint density at radius 1 is 1.26 bits per heavy atom. The molecule has 0 spiro atoms. The molecule has 1 aromatic heterocycles. The number of halogens is 2. The molecule has 0 aliphatic carbocycles. The fourth-order valence-electron chi connectivity index (χ4n) is 1.39. The van der Waals surface area contributed by atoms with E-state index in [4.69, 9.17) is 23.2 Å². The topological polar surface area (TPSA) is 81.0 Å². The van der Waals surface area contributed by atoms with E-state index in [2.05, 4.69) is 15.3 Å². The minimum Gasteiger partial charge on any atom is -0.365 e. The lowest BCUT2D eigenvalue weighted by Gasteiger charge is -2.07. The lowest BCUT2D eigenvalue weighted by Crippen LogP contribution is -2.03. The summed E-state index contributed by atoms with van der Waals surface area (Å²) in [7, 11) is 0. The largest absolute Gasteiger partial charge is 0.365 e. The first kappa shape index (κ1) is 13.5. The minimum atomic E-state index is -0.446. The van der Waals surface area contributed by atoms with Gasteiger partial charge in [-0.15, -0.1) is 0 Å². The summed E-state index contributed by atoms with van der Waals surface area (Å²) < 4.78 is 0. The molecule has 0 saturated heterocycles. The molecule has 0 radical (unpaired) electrons. The highest BCUT2D eigenvalue weighted by Gasteiger charge is 2.06. The molecule has 0 aliphatic heterocycles. The van der Waals surface area contributed by atoms with Crippen LogP contribution in [0.5, 0.6) is 0 Å². The molecule has 98 valence electrons. The average molecular weight is 299 g/mol. The van der Waals surface area contributed by atoms with Crippen molar-refractivity contribution >= 4 is 34.7 Å². The van der Waals surface area contributed by atoms with Gasteiger partial charge in [-0.3, -0.25) is 10.1 Å². The summed E-state index contributed by atoms with van der Waals surface area (Å²) in [6.07, 6.45) is 1.40. The lowest BCUT2D eigenvalue weighted by molar-refractivity contribution is -0.384. The zero-order valence-electron chi connectivity index (χ0n) is 9.51. The Labute approximate surface area is 118 Å². The van der Waals surface area contributed by atoms with E-state index in [-0.39, 0.29) is 11.0 Å². The van der Waals surface area contributed by atoms with Gasteiger partial charge in [0.2, 0.25) is 5.28 Å². The van der Waals surface area contributed by atoms with Crippen molar-refractivity contribution in [2.45, 2.75) is 6.54 Å². The van der Waals surface area contributed by atoms with Crippen molar-refractivity contribution in [3.05, 3.63) is 56.4 Å². The molecule has 0 fully saturated rings. The summed E-state index contributed by atoms with van der Waals surface area (Å²) in [6.45, 7) is 0.422. The van der Waals surface area contributed by atoms with E-state index in [1.54, 1.807) is 12.1 Å². The maximum absolute atomic E-state index is 10.5. The smallest absolute Gasteiger partial charge is 0.269 e. The van der Waals surface area contributed by atoms with Crippen molar-refractivity contribution in [2.24, 2.45) is 0 Å². The van der Waals surface area contributed by atoms with Crippen LogP contribution in [0.3, 0.4) is 0 Å². The standard InChI is InChI=1S/C11H8Cl2N4O2/c12-9-6-15-11(13)16-10(9)14-5-7-1-3-8(4-2-7)17(18)19/h1-4,6H,5H2,(H,14,15,16). The molecule has 2 rings (SSSR count). The van der Waals surface area contributed by atoms with Crippen molar-refractivity contribution in [1.82, 2.24) is 9.97 Å². The number of benzene rings is 1. The van der Waals surface area contributed by atoms with Gasteiger partial charge in [0.15, 0.2) is 0 Å². The van der Waals surface area contributed by atoms with Crippen molar-refractivity contribution in [3.8, 4) is 0 Å². The lowest BCUT2D eigenvalue weighted by atomic mass is 10.2. The van der Waals surface area contributed by atoms with Crippen LogP contribution in [0.4, 0.5) is 11.5 Å². The van der Waals surface area contributed by atoms with Crippen LogP contribution in [0.2, 0.25) is 10.3 Å². The molecule has 0 aliphatic rings. The molecule has 2 aromatic rings. The van der Waals surface area contributed by atoms with Gasteiger partial charge in [-0.25, -0.2) is 4.98 Å². The molecule has 8 heteroatoms. The van der Waals surface area contributed by atoms with Crippen molar-refractivity contribution < 1.29 is 4.92 Å². The maximum atomic E-state index is 10.5. The van der Waals surface area contributed by atoms with Gasteiger partial charge >= 0.3 is 0 Å². The van der Waals surface area contributed by atoms with Crippen LogP contribution in [-0.2, 0) is 6.54 Å². The van der Waals surface area contributed by atoms with Crippen LogP contribution in [-0.4, -0.2) is 14.9 Å². The number of non-ortho nitro benzene ring substituents is 1. The molecule has 0 unspecified atom stereocenters. The summed E-state index contributed by atoms with van der Waals surface area (Å²) in [5.74, 6) is 0.417. The number of nitro benzene ring substituents is 1. The maximum Gasteiger partial charge on any atom is 0.269 e. The van der Waals surface area contributed by atoms with E-state index in [1.165, 1.54) is 18.3 Å². The predicted octanol–water partition coefficient (Wildman–Crippen LogP) is 3.30. The highest BCUT2D eigenvalue weighted by atomic mass is 35.5. The molecule has 0 atom stereocenters. The van der Waals surface area contributed by atoms with Gasteiger partial charge in [-0.1, -0.05) is 23.7 Å². The van der Waals surface area contributed by atoms with Crippen LogP contribution in [0.1, 0.15) is 5.56 Å². The van der Waals surface area contributed by atoms with Crippen molar-refractivity contribution in [3.63, 3.8) is 0 Å². The van der Waals surface area contributed by atoms with Crippen LogP contribution in [0.15, 0.2) is 30.5 Å². The van der Waals surface area contributed by atoms with Gasteiger partial charge in [0.1, 0.15) is 10.8 Å². The number of anilines is 1. The van der Waals surface area contributed by atoms with Crippen LogP contribution in [0.25, 0.3) is 0 Å². The summed E-state index contributed by atoms with van der Waals surface area (Å²) >= 11 is 11.6. The SMILES string of the molecule is O=[N+]([O-])c1ccc(CNc2nc(Cl)ncc2Cl)cc1. The van der Waals surface area contributed by atoms with Crippen molar-refractivity contribution in [1.29, 1.82) is 0 Å². The van der Waals surface area contributed by atoms with Gasteiger partial charge in [0, 0.05) is 18.7 Å². The Balaban J connectivity index is 2.06. The normalized spacial score (nSPS) is 10.2. The van der Waals surface area contributed by atoms with E-state index in [1.807, 2.05) is 0 Å². The van der Waals surface area contributed by atoms with E-state index in [0.717, 1.165) is 5.56 Å². The van der Waals surface area contributed by atoms with Crippen LogP contribution >= 0.6 is 23.2 Å². The summed E-state index contributed by atoms with van der Waals surface area (Å²) in [6, 6.07) is 6.18. The molecule has 1 N–H and O–H groups in total. The van der Waals surface area contributed by atoms with E-state index < -0.39 is 4.92 Å². The van der Waals surface area contributed by atoms with E-state index >= 15 is 0 Å². The molecule has 1 aromatic carbocycles. The molecule has 0 bridgehead atoms. The molecule has 0 saturated carbocycles. The molecular formula is C11H8Cl2N4O2. The van der Waals surface area contributed by atoms with Gasteiger partial charge in [-0.2, -0.15) is 4.98 Å². The van der Waals surface area contributed by atoms with E-state index in [0.29, 0.717) is 17.4 Å². The zero-order valence-corrected chi connectivity index (χ0v) is 11.0. The first-order chi connectivity index (χ1) is 9.06. The monoisotopic (exact) mass is 298 g/mol. The molecule has 0 amide bonds. The Kier molecular flexibility index (Phi) is 4.13. The molecule has 19 heavy (non-hydrogen) atoms. The average Bonchev–Trinajstić information content (AvgIpc) is 2.40. The first-order valence-electron chi connectivity index (χ1n) is 5.21. The fraction of sp³-hybridized carbons (Fsp3) is 0.0909. The zero-order chi connectivity index (χ0) is 13.8. The Hall–Kier alpha value is -1.92. The third kappa shape index (κ3) is 3.52. The van der Waals surface area contributed by atoms with Crippen LogP contribution in [0, 0.1) is 10.1 Å². The summed E-state index contributed by atoms with van der Waals surface area (Å²) in [4.78, 5) is 17.7. The minimum absolute atomic E-state index is 0.0480. The highest BCUT2D eigenvalue weighted by molar-refractivity contribution is 6.33. The first-order valence-corrected chi connectivity index (χ1v) is 5.97. The molecular weight excluding hydrogens is 291 g/mol. The predicted molar refractivity (Wildman–Crippen MR) is 72.5 cm³/mol. The second kappa shape index (κ2) is 5.81. The van der Waals surface area contributed by atoms with Gasteiger partial charge in [-0.05, 0) is 17.2 Å². The number of nitro groups is 1. The fourth-order valence-corrected chi connectivity index (χ4v) is 1.68. The quantitative estimate of drug-likeness (QED) is 0.532. The Morgan fingerprint density at radius 3 is 2.58 bits per heavy atom. The third-order valence-corrected chi connectivity index (χ3v) is 2.78. The number of hydrogen-bond acceptors (Lipinski definition) is 5. The second-order valence-corrected chi connectivity index (χ2v) is 4.36. The number of aromatic nitrogens is 2. The third-order valence-electron chi connectivity index (χ3n) is 2.32. The second-order valence-electron chi connectivity index (χ2n) is 3.61. The van der Waals surface area contributed by atoms with Crippen LogP contribution < -0.4 is 5.32 Å². The van der Waals surface area contributed by atoms with Crippen molar-refractivity contribution in [2.75, 3.05) is 5.32 Å². The summed E-state index contributed by atoms with van der Waals surface area (Å²) in [5, 5.41) is 13.9. The number of rotatable bonds is 4. The molecule has 6 nitrogen and oxygen atoms in total. The Bertz CT molecular complexity index is 604. The van der Waals surface area contributed by atoms with Gasteiger partial charge < -0.3 is 5.32 Å². The number of nitrogens with zero attached hydrogens (tertiary/aromatic N) is 3. The number of nitrogens with one attached hydrogen (secondary N) is 1. The van der Waals surface area contributed by atoms with E-state index in [9.17, 15) is 10.1 Å². The molecule has 1 heterocycles.